The van der Waals surface area contributed by atoms with Gasteiger partial charge in [-0.15, -0.1) is 0 Å². The van der Waals surface area contributed by atoms with Gasteiger partial charge in [-0.3, -0.25) is 9.59 Å². The summed E-state index contributed by atoms with van der Waals surface area (Å²) in [4.78, 5) is 23.1. The highest BCUT2D eigenvalue weighted by Gasteiger charge is 2.30. The van der Waals surface area contributed by atoms with Crippen LogP contribution in [0, 0.1) is 12.8 Å². The first kappa shape index (κ1) is 11.8. The Kier molecular flexibility index (Phi) is 3.01. The highest BCUT2D eigenvalue weighted by atomic mass is 16.1. The maximum atomic E-state index is 12.0. The summed E-state index contributed by atoms with van der Waals surface area (Å²) in [5.41, 5.74) is 3.79. The molecule has 1 N–H and O–H groups in total. The molecule has 1 aliphatic carbocycles. The van der Waals surface area contributed by atoms with Gasteiger partial charge in [0, 0.05) is 24.1 Å². The summed E-state index contributed by atoms with van der Waals surface area (Å²) in [6, 6.07) is 3.66. The fourth-order valence-electron chi connectivity index (χ4n) is 2.46. The molecule has 1 aromatic rings. The summed E-state index contributed by atoms with van der Waals surface area (Å²) < 4.78 is 0. The van der Waals surface area contributed by atoms with E-state index in [0.29, 0.717) is 0 Å². The molecule has 2 rings (SSSR count). The van der Waals surface area contributed by atoms with Crippen molar-refractivity contribution < 1.29 is 9.59 Å². The molecule has 90 valence electrons. The normalized spacial score (nSPS) is 18.1. The number of hydrogen-bond acceptors (Lipinski definition) is 2. The molecule has 0 fully saturated rings. The van der Waals surface area contributed by atoms with E-state index in [1.165, 1.54) is 6.92 Å². The van der Waals surface area contributed by atoms with Crippen molar-refractivity contribution in [3.05, 3.63) is 28.8 Å². The highest BCUT2D eigenvalue weighted by molar-refractivity contribution is 6.03. The molecular weight excluding hydrogens is 214 g/mol. The van der Waals surface area contributed by atoms with Crippen LogP contribution in [0.2, 0.25) is 0 Å². The number of carbonyl (C=O) groups is 2. The van der Waals surface area contributed by atoms with Gasteiger partial charge in [0.15, 0.2) is 5.78 Å². The predicted molar refractivity (Wildman–Crippen MR) is 67.3 cm³/mol. The second-order valence-electron chi connectivity index (χ2n) is 4.62. The summed E-state index contributed by atoms with van der Waals surface area (Å²) in [5.74, 6) is 0.292. The van der Waals surface area contributed by atoms with Gasteiger partial charge in [0.25, 0.3) is 0 Å². The minimum Gasteiger partial charge on any atom is -0.326 e. The van der Waals surface area contributed by atoms with Crippen LogP contribution in [-0.2, 0) is 11.2 Å². The van der Waals surface area contributed by atoms with Crippen LogP contribution in [0.3, 0.4) is 0 Å². The summed E-state index contributed by atoms with van der Waals surface area (Å²) in [6.45, 7) is 5.50. The maximum Gasteiger partial charge on any atom is 0.221 e. The molecule has 3 nitrogen and oxygen atoms in total. The number of amides is 1. The topological polar surface area (TPSA) is 46.2 Å². The first-order chi connectivity index (χ1) is 8.04. The van der Waals surface area contributed by atoms with Gasteiger partial charge in [0.2, 0.25) is 5.91 Å². The lowest BCUT2D eigenvalue weighted by Crippen LogP contribution is -2.08. The fraction of sp³-hybridized carbons (Fsp3) is 0.429. The van der Waals surface area contributed by atoms with E-state index < -0.39 is 0 Å². The maximum absolute atomic E-state index is 12.0. The third-order valence-electron chi connectivity index (χ3n) is 3.49. The lowest BCUT2D eigenvalue weighted by molar-refractivity contribution is -0.114. The molecule has 1 atom stereocenters. The molecule has 0 radical (unpaired) electrons. The number of fused-ring (bicyclic) bond motifs is 1. The third-order valence-corrected chi connectivity index (χ3v) is 3.49. The van der Waals surface area contributed by atoms with Crippen LogP contribution in [0.25, 0.3) is 0 Å². The largest absolute Gasteiger partial charge is 0.326 e. The number of benzene rings is 1. The van der Waals surface area contributed by atoms with Crippen LogP contribution < -0.4 is 5.32 Å². The zero-order valence-electron chi connectivity index (χ0n) is 10.5. The van der Waals surface area contributed by atoms with Crippen LogP contribution in [0.4, 0.5) is 5.69 Å². The second kappa shape index (κ2) is 4.32. The Morgan fingerprint density at radius 2 is 2.18 bits per heavy atom. The van der Waals surface area contributed by atoms with Crippen molar-refractivity contribution in [2.75, 3.05) is 5.32 Å². The second-order valence-corrected chi connectivity index (χ2v) is 4.62. The van der Waals surface area contributed by atoms with Gasteiger partial charge >= 0.3 is 0 Å². The van der Waals surface area contributed by atoms with Crippen molar-refractivity contribution in [2.24, 2.45) is 5.92 Å². The highest BCUT2D eigenvalue weighted by Crippen LogP contribution is 2.34. The van der Waals surface area contributed by atoms with Gasteiger partial charge in [-0.25, -0.2) is 0 Å². The number of rotatable bonds is 2. The van der Waals surface area contributed by atoms with E-state index in [1.807, 2.05) is 26.0 Å². The van der Waals surface area contributed by atoms with Crippen molar-refractivity contribution in [3.63, 3.8) is 0 Å². The van der Waals surface area contributed by atoms with Gasteiger partial charge in [-0.1, -0.05) is 6.92 Å². The first-order valence-electron chi connectivity index (χ1n) is 5.98. The molecule has 1 aromatic carbocycles. The van der Waals surface area contributed by atoms with Crippen LogP contribution in [-0.4, -0.2) is 11.7 Å². The summed E-state index contributed by atoms with van der Waals surface area (Å²) in [7, 11) is 0. The smallest absolute Gasteiger partial charge is 0.221 e. The van der Waals surface area contributed by atoms with Crippen LogP contribution in [0.15, 0.2) is 12.1 Å². The number of nitrogens with one attached hydrogen (secondary N) is 1. The Labute approximate surface area is 101 Å². The van der Waals surface area contributed by atoms with Gasteiger partial charge in [0.1, 0.15) is 0 Å². The van der Waals surface area contributed by atoms with E-state index in [2.05, 4.69) is 5.32 Å². The Morgan fingerprint density at radius 1 is 1.47 bits per heavy atom. The van der Waals surface area contributed by atoms with E-state index in [4.69, 9.17) is 0 Å². The molecule has 0 saturated carbocycles. The van der Waals surface area contributed by atoms with Crippen molar-refractivity contribution in [3.8, 4) is 0 Å². The summed E-state index contributed by atoms with van der Waals surface area (Å²) in [6.07, 6.45) is 1.69. The SMILES string of the molecule is CCC1Cc2c(ccc(NC(C)=O)c2C)C1=O. The molecule has 0 spiro atoms. The average molecular weight is 231 g/mol. The van der Waals surface area contributed by atoms with Crippen LogP contribution in [0.1, 0.15) is 41.8 Å². The molecule has 0 bridgehead atoms. The lowest BCUT2D eigenvalue weighted by atomic mass is 10.0. The van der Waals surface area contributed by atoms with Gasteiger partial charge in [-0.05, 0) is 43.0 Å². The van der Waals surface area contributed by atoms with Crippen LogP contribution >= 0.6 is 0 Å². The first-order valence-corrected chi connectivity index (χ1v) is 5.98. The molecule has 3 heteroatoms. The number of ketones is 1. The molecule has 0 heterocycles. The Morgan fingerprint density at radius 3 is 2.76 bits per heavy atom. The Hall–Kier alpha value is -1.64. The molecular formula is C14H17NO2. The zero-order chi connectivity index (χ0) is 12.6. The van der Waals surface area contributed by atoms with Gasteiger partial charge in [-0.2, -0.15) is 0 Å². The summed E-state index contributed by atoms with van der Waals surface area (Å²) >= 11 is 0. The zero-order valence-corrected chi connectivity index (χ0v) is 10.5. The van der Waals surface area contributed by atoms with Gasteiger partial charge in [0.05, 0.1) is 0 Å². The van der Waals surface area contributed by atoms with Gasteiger partial charge < -0.3 is 5.32 Å². The van der Waals surface area contributed by atoms with E-state index in [9.17, 15) is 9.59 Å². The minimum atomic E-state index is -0.0792. The average Bonchev–Trinajstić information content (AvgIpc) is 2.60. The molecule has 0 aromatic heterocycles. The van der Waals surface area contributed by atoms with E-state index >= 15 is 0 Å². The number of Topliss-reactive ketones (excluding diaryl/α,β-unsaturated/α-hetero) is 1. The Balaban J connectivity index is 2.42. The standard InChI is InChI=1S/C14H17NO2/c1-4-10-7-12-8(2)13(15-9(3)16)6-5-11(12)14(10)17/h5-6,10H,4,7H2,1-3H3,(H,15,16). The quantitative estimate of drug-likeness (QED) is 0.850. The van der Waals surface area contributed by atoms with Crippen molar-refractivity contribution >= 4 is 17.4 Å². The monoisotopic (exact) mass is 231 g/mol. The molecule has 1 amide bonds. The van der Waals surface area contributed by atoms with Crippen molar-refractivity contribution in [1.82, 2.24) is 0 Å². The van der Waals surface area contributed by atoms with Crippen molar-refractivity contribution in [1.29, 1.82) is 0 Å². The van der Waals surface area contributed by atoms with Crippen LogP contribution in [0.5, 0.6) is 0 Å². The van der Waals surface area contributed by atoms with E-state index in [-0.39, 0.29) is 17.6 Å². The number of carbonyl (C=O) groups excluding carboxylic acids is 2. The predicted octanol–water partition coefficient (Wildman–Crippen LogP) is 2.72. The minimum absolute atomic E-state index is 0.0792. The lowest BCUT2D eigenvalue weighted by Gasteiger charge is -2.10. The van der Waals surface area contributed by atoms with Crippen molar-refractivity contribution in [2.45, 2.75) is 33.6 Å². The van der Waals surface area contributed by atoms with E-state index in [0.717, 1.165) is 35.2 Å². The van der Waals surface area contributed by atoms with E-state index in [1.54, 1.807) is 0 Å². The molecule has 1 unspecified atom stereocenters. The molecule has 0 saturated heterocycles. The fourth-order valence-corrected chi connectivity index (χ4v) is 2.46. The molecule has 1 aliphatic rings. The molecule has 0 aliphatic heterocycles. The summed E-state index contributed by atoms with van der Waals surface area (Å²) in [5, 5.41) is 2.80. The number of anilines is 1. The third kappa shape index (κ3) is 1.97. The number of hydrogen-bond donors (Lipinski definition) is 1. The Bertz CT molecular complexity index is 491. The molecule has 17 heavy (non-hydrogen) atoms.